The number of hydrogen-bond acceptors (Lipinski definition) is 4. The van der Waals surface area contributed by atoms with E-state index in [1.54, 1.807) is 26.0 Å². The predicted molar refractivity (Wildman–Crippen MR) is 51.9 cm³/mol. The molecule has 0 bridgehead atoms. The summed E-state index contributed by atoms with van der Waals surface area (Å²) in [7, 11) is 0. The first-order valence-corrected chi connectivity index (χ1v) is 4.80. The first-order valence-electron chi connectivity index (χ1n) is 4.80. The Kier molecular flexibility index (Phi) is 2.44. The van der Waals surface area contributed by atoms with Crippen LogP contribution in [0.2, 0.25) is 0 Å². The van der Waals surface area contributed by atoms with E-state index >= 15 is 0 Å². The third-order valence-corrected chi connectivity index (χ3v) is 2.53. The summed E-state index contributed by atoms with van der Waals surface area (Å²) in [6.45, 7) is 3.54. The number of aliphatic hydroxyl groups excluding tert-OH is 1. The van der Waals surface area contributed by atoms with Crippen molar-refractivity contribution in [2.24, 2.45) is 5.11 Å². The summed E-state index contributed by atoms with van der Waals surface area (Å²) in [5, 5.41) is 13.3. The van der Waals surface area contributed by atoms with E-state index in [-0.39, 0.29) is 0 Å². The molecule has 6 heteroatoms. The van der Waals surface area contributed by atoms with Gasteiger partial charge in [-0.3, -0.25) is 0 Å². The minimum absolute atomic E-state index is 0.407. The molecule has 1 saturated heterocycles. The summed E-state index contributed by atoms with van der Waals surface area (Å²) < 4.78 is 11.1. The second-order valence-corrected chi connectivity index (χ2v) is 4.14. The highest BCUT2D eigenvalue weighted by molar-refractivity contribution is 5.13. The molecular formula is C9H13N3O3. The lowest BCUT2D eigenvalue weighted by molar-refractivity contribution is -0.152. The van der Waals surface area contributed by atoms with Crippen molar-refractivity contribution in [2.75, 3.05) is 0 Å². The fourth-order valence-electron chi connectivity index (χ4n) is 1.96. The predicted octanol–water partition coefficient (Wildman–Crippen LogP) is 1.12. The van der Waals surface area contributed by atoms with Gasteiger partial charge in [0, 0.05) is 4.91 Å². The Hall–Kier alpha value is -1.07. The molecule has 6 nitrogen and oxygen atoms in total. The second-order valence-electron chi connectivity index (χ2n) is 4.14. The maximum absolute atomic E-state index is 9.67. The Bertz CT molecular complexity index is 335. The molecule has 0 amide bonds. The highest BCUT2D eigenvalue weighted by Gasteiger charge is 2.48. The number of hydrogen-bond donors (Lipinski definition) is 1. The van der Waals surface area contributed by atoms with Crippen molar-refractivity contribution in [3.63, 3.8) is 0 Å². The number of fused-ring (bicyclic) bond motifs is 1. The lowest BCUT2D eigenvalue weighted by Crippen LogP contribution is -2.43. The van der Waals surface area contributed by atoms with Crippen LogP contribution in [0.3, 0.4) is 0 Å². The third kappa shape index (κ3) is 1.85. The molecular weight excluding hydrogens is 198 g/mol. The van der Waals surface area contributed by atoms with Gasteiger partial charge in [-0.2, -0.15) is 0 Å². The van der Waals surface area contributed by atoms with Crippen LogP contribution in [0.15, 0.2) is 17.3 Å². The maximum atomic E-state index is 9.67. The molecule has 0 aromatic heterocycles. The van der Waals surface area contributed by atoms with Crippen molar-refractivity contribution in [1.82, 2.24) is 0 Å². The summed E-state index contributed by atoms with van der Waals surface area (Å²) >= 11 is 0. The summed E-state index contributed by atoms with van der Waals surface area (Å²) in [5.41, 5.74) is 8.40. The highest BCUT2D eigenvalue weighted by Crippen LogP contribution is 2.35. The van der Waals surface area contributed by atoms with Crippen molar-refractivity contribution in [1.29, 1.82) is 0 Å². The fourth-order valence-corrected chi connectivity index (χ4v) is 1.96. The van der Waals surface area contributed by atoms with Crippen molar-refractivity contribution in [3.05, 3.63) is 22.6 Å². The minimum Gasteiger partial charge on any atom is -0.386 e. The number of aliphatic hydroxyl groups is 1. The summed E-state index contributed by atoms with van der Waals surface area (Å²) in [4.78, 5) is 2.75. The van der Waals surface area contributed by atoms with Crippen molar-refractivity contribution >= 4 is 0 Å². The van der Waals surface area contributed by atoms with E-state index in [4.69, 9.17) is 15.0 Å². The maximum Gasteiger partial charge on any atom is 0.163 e. The summed E-state index contributed by atoms with van der Waals surface area (Å²) in [6, 6.07) is -0.412. The van der Waals surface area contributed by atoms with E-state index in [0.29, 0.717) is 0 Å². The smallest absolute Gasteiger partial charge is 0.163 e. The molecule has 15 heavy (non-hydrogen) atoms. The first kappa shape index (κ1) is 10.4. The monoisotopic (exact) mass is 211 g/mol. The van der Waals surface area contributed by atoms with Crippen molar-refractivity contribution in [2.45, 2.75) is 44.0 Å². The van der Waals surface area contributed by atoms with E-state index in [2.05, 4.69) is 10.0 Å². The molecule has 1 N–H and O–H groups in total. The van der Waals surface area contributed by atoms with Gasteiger partial charge >= 0.3 is 0 Å². The van der Waals surface area contributed by atoms with Gasteiger partial charge in [0.1, 0.15) is 18.3 Å². The van der Waals surface area contributed by atoms with E-state index in [9.17, 15) is 5.11 Å². The number of ether oxygens (including phenoxy) is 2. The zero-order chi connectivity index (χ0) is 11.1. The van der Waals surface area contributed by atoms with Crippen LogP contribution in [0, 0.1) is 0 Å². The lowest BCUT2D eigenvalue weighted by atomic mass is 9.95. The molecule has 0 aromatic carbocycles. The summed E-state index contributed by atoms with van der Waals surface area (Å²) in [6.07, 6.45) is 1.65. The third-order valence-electron chi connectivity index (χ3n) is 2.53. The van der Waals surface area contributed by atoms with Crippen LogP contribution in [-0.2, 0) is 9.47 Å². The van der Waals surface area contributed by atoms with E-state index in [0.717, 1.165) is 0 Å². The average Bonchev–Trinajstić information content (AvgIpc) is 2.47. The molecule has 2 rings (SSSR count). The van der Waals surface area contributed by atoms with E-state index in [1.165, 1.54) is 0 Å². The van der Waals surface area contributed by atoms with Gasteiger partial charge in [-0.25, -0.2) is 0 Å². The Morgan fingerprint density at radius 3 is 2.67 bits per heavy atom. The molecule has 0 aromatic rings. The Morgan fingerprint density at radius 2 is 2.00 bits per heavy atom. The molecule has 1 aliphatic heterocycles. The van der Waals surface area contributed by atoms with Gasteiger partial charge in [0.15, 0.2) is 5.79 Å². The topological polar surface area (TPSA) is 87.5 Å². The van der Waals surface area contributed by atoms with Crippen LogP contribution in [0.25, 0.3) is 10.4 Å². The van der Waals surface area contributed by atoms with Crippen molar-refractivity contribution in [3.8, 4) is 0 Å². The van der Waals surface area contributed by atoms with Crippen LogP contribution in [0.1, 0.15) is 13.8 Å². The largest absolute Gasteiger partial charge is 0.386 e. The molecule has 1 aliphatic carbocycles. The second kappa shape index (κ2) is 3.50. The normalized spacial score (nSPS) is 42.1. The zero-order valence-electron chi connectivity index (χ0n) is 8.57. The molecule has 0 saturated carbocycles. The van der Waals surface area contributed by atoms with Crippen LogP contribution in [0.5, 0.6) is 0 Å². The van der Waals surface area contributed by atoms with Gasteiger partial charge in [0.25, 0.3) is 0 Å². The molecule has 0 radical (unpaired) electrons. The van der Waals surface area contributed by atoms with Crippen LogP contribution in [0.4, 0.5) is 0 Å². The van der Waals surface area contributed by atoms with Gasteiger partial charge in [-0.1, -0.05) is 17.3 Å². The number of rotatable bonds is 1. The first-order chi connectivity index (χ1) is 7.03. The van der Waals surface area contributed by atoms with Gasteiger partial charge in [0.05, 0.1) is 6.04 Å². The Morgan fingerprint density at radius 1 is 1.33 bits per heavy atom. The Labute approximate surface area is 87.1 Å². The molecule has 1 heterocycles. The molecule has 4 atom stereocenters. The van der Waals surface area contributed by atoms with Crippen LogP contribution < -0.4 is 0 Å². The molecule has 2 aliphatic rings. The lowest BCUT2D eigenvalue weighted by Gasteiger charge is -2.27. The van der Waals surface area contributed by atoms with Crippen molar-refractivity contribution < 1.29 is 14.6 Å². The molecule has 0 spiro atoms. The van der Waals surface area contributed by atoms with Crippen LogP contribution in [-0.4, -0.2) is 35.2 Å². The van der Waals surface area contributed by atoms with Gasteiger partial charge < -0.3 is 14.6 Å². The molecule has 1 fully saturated rings. The highest BCUT2D eigenvalue weighted by atomic mass is 16.8. The van der Waals surface area contributed by atoms with Gasteiger partial charge in [-0.05, 0) is 19.4 Å². The van der Waals surface area contributed by atoms with Gasteiger partial charge in [-0.15, -0.1) is 0 Å². The standard InChI is InChI=1S/C9H13N3O3/c1-9(2)14-7-5(11-12-10)3-4-6(13)8(7)15-9/h3-8,13H,1-2H3/t5-,6-,7-,8-/m0/s1. The molecule has 0 unspecified atom stereocenters. The summed E-state index contributed by atoms with van der Waals surface area (Å²) in [5.74, 6) is -0.744. The zero-order valence-corrected chi connectivity index (χ0v) is 8.57. The molecule has 82 valence electrons. The fraction of sp³-hybridized carbons (Fsp3) is 0.778. The Balaban J connectivity index is 2.26. The SMILES string of the molecule is CC1(C)O[C@@H]2[C@@H](O1)[C@@H](O)C=C[C@@H]2N=[N+]=[N-]. The average molecular weight is 211 g/mol. The van der Waals surface area contributed by atoms with Gasteiger partial charge in [0.2, 0.25) is 0 Å². The van der Waals surface area contributed by atoms with E-state index in [1.807, 2.05) is 0 Å². The number of nitrogens with zero attached hydrogens (tertiary/aromatic N) is 3. The van der Waals surface area contributed by atoms with Crippen LogP contribution >= 0.6 is 0 Å². The van der Waals surface area contributed by atoms with E-state index < -0.39 is 30.1 Å². The number of azide groups is 1. The minimum atomic E-state index is -0.744. The quantitative estimate of drug-likeness (QED) is 0.305.